The Balaban J connectivity index is 2.33. The summed E-state index contributed by atoms with van der Waals surface area (Å²) in [5, 5.41) is 2.58. The first-order chi connectivity index (χ1) is 31.9. The van der Waals surface area contributed by atoms with Gasteiger partial charge in [-0.05, 0) is 85.8 Å². The Morgan fingerprint density at radius 3 is 1.61 bits per heavy atom. The van der Waals surface area contributed by atoms with Crippen molar-refractivity contribution in [3.05, 3.63) is 65.7 Å². The number of halogens is 17. The number of rotatable bonds is 27. The first-order valence-corrected chi connectivity index (χ1v) is 23.2. The van der Waals surface area contributed by atoms with E-state index in [0.717, 1.165) is 0 Å². The van der Waals surface area contributed by atoms with Gasteiger partial charge in [-0.3, -0.25) is 5.32 Å². The third-order valence-electron chi connectivity index (χ3n) is 11.2. The lowest BCUT2D eigenvalue weighted by atomic mass is 9.88. The molecular weight excluding hydrogens is 1010 g/mol. The minimum Gasteiger partial charge on any atom is -0.497 e. The highest BCUT2D eigenvalue weighted by atomic mass is 28.4. The number of hydrogen-bond donors (Lipinski definition) is 1. The molecule has 0 heterocycles. The SMILES string of the molecule is CCOC(=O)/C(C)=C/CC[C@H](OC)[C@@H](OC(=O)Nc1ccc(OC)cc1)c1ccc(OCCO[Si](CCC(F)(F)C(F)(F)C(F)(F)C(F)(F)C(F)(F)C(F)(F)C(F)(F)C(F)(F)F)(C(C)C)C(C)C)cc1. The van der Waals surface area contributed by atoms with Gasteiger partial charge in [0.2, 0.25) is 0 Å². The molecule has 400 valence electrons. The van der Waals surface area contributed by atoms with Gasteiger partial charge in [-0.1, -0.05) is 45.9 Å². The summed E-state index contributed by atoms with van der Waals surface area (Å²) in [6.45, 7) is 7.60. The van der Waals surface area contributed by atoms with Crippen molar-refractivity contribution in [3.8, 4) is 11.5 Å². The molecule has 0 saturated heterocycles. The number of amides is 1. The Kier molecular flexibility index (Phi) is 20.5. The van der Waals surface area contributed by atoms with E-state index in [4.69, 9.17) is 28.1 Å². The zero-order valence-electron chi connectivity index (χ0n) is 38.6. The maximum atomic E-state index is 15.1. The molecule has 9 nitrogen and oxygen atoms in total. The smallest absolute Gasteiger partial charge is 0.460 e. The van der Waals surface area contributed by atoms with Gasteiger partial charge in [-0.15, -0.1) is 0 Å². The highest BCUT2D eigenvalue weighted by molar-refractivity contribution is 6.76. The molecule has 1 N–H and O–H groups in total. The number of methoxy groups -OCH3 is 2. The van der Waals surface area contributed by atoms with Crippen molar-refractivity contribution in [3.63, 3.8) is 0 Å². The summed E-state index contributed by atoms with van der Waals surface area (Å²) in [4.78, 5) is 25.2. The normalized spacial score (nSPS) is 14.9. The molecule has 0 bridgehead atoms. The van der Waals surface area contributed by atoms with Crippen LogP contribution in [-0.4, -0.2) is 108 Å². The van der Waals surface area contributed by atoms with Gasteiger partial charge < -0.3 is 28.1 Å². The molecule has 1 amide bonds. The predicted octanol–water partition coefficient (Wildman–Crippen LogP) is 13.8. The van der Waals surface area contributed by atoms with Gasteiger partial charge >= 0.3 is 59.7 Å². The van der Waals surface area contributed by atoms with Crippen molar-refractivity contribution in [2.45, 2.75) is 138 Å². The van der Waals surface area contributed by atoms with Crippen molar-refractivity contribution >= 4 is 26.1 Å². The number of hydrogen-bond acceptors (Lipinski definition) is 8. The average Bonchev–Trinajstić information content (AvgIpc) is 3.26. The standard InChI is InChI=1S/C43H52F17NO8Si/c1-9-66-34(62)27(6)11-10-12-32(65-8)33(69-35(63)61-29-15-19-30(64-7)20-16-29)28-13-17-31(18-14-28)67-22-23-68-70(25(2)3,26(4)5)24-21-36(44,45)37(46,47)38(48,49)39(50,51)40(52,53)41(54,55)42(56,57)43(58,59)60/h11,13-20,25-26,32-33H,9-10,12,21-24H2,1-8H3,(H,61,63)/b27-11+/t32-,33-/m0/s1. The lowest BCUT2D eigenvalue weighted by Gasteiger charge is -2.44. The summed E-state index contributed by atoms with van der Waals surface area (Å²) >= 11 is 0. The number of carbonyl (C=O) groups excluding carboxylic acids is 2. The van der Waals surface area contributed by atoms with Crippen LogP contribution in [-0.2, 0) is 23.4 Å². The molecule has 0 aliphatic rings. The second-order valence-electron chi connectivity index (χ2n) is 16.3. The molecule has 0 aliphatic heterocycles. The fourth-order valence-corrected chi connectivity index (χ4v) is 11.4. The molecule has 2 atom stereocenters. The number of benzene rings is 2. The molecule has 0 radical (unpaired) electrons. The summed E-state index contributed by atoms with van der Waals surface area (Å²) in [6.07, 6.45) is -11.2. The van der Waals surface area contributed by atoms with E-state index < -0.39 is 117 Å². The summed E-state index contributed by atoms with van der Waals surface area (Å²) < 4.78 is 270. The molecular formula is C43H52F17NO8Si. The average molecular weight is 1060 g/mol. The van der Waals surface area contributed by atoms with Crippen LogP contribution >= 0.6 is 0 Å². The maximum absolute atomic E-state index is 15.1. The predicted molar refractivity (Wildman–Crippen MR) is 220 cm³/mol. The summed E-state index contributed by atoms with van der Waals surface area (Å²) in [5.41, 5.74) is -0.789. The molecule has 0 unspecified atom stereocenters. The largest absolute Gasteiger partial charge is 0.497 e. The van der Waals surface area contributed by atoms with Crippen molar-refractivity contribution in [1.29, 1.82) is 0 Å². The van der Waals surface area contributed by atoms with E-state index in [1.165, 1.54) is 66.2 Å². The number of ether oxygens (including phenoxy) is 5. The third-order valence-corrected chi connectivity index (χ3v) is 16.9. The van der Waals surface area contributed by atoms with Crippen LogP contribution in [0.4, 0.5) is 85.1 Å². The fourth-order valence-electron chi connectivity index (χ4n) is 6.98. The van der Waals surface area contributed by atoms with Crippen LogP contribution in [0.1, 0.15) is 72.5 Å². The molecule has 70 heavy (non-hydrogen) atoms. The van der Waals surface area contributed by atoms with E-state index in [0.29, 0.717) is 22.6 Å². The Labute approximate surface area is 392 Å². The summed E-state index contributed by atoms with van der Waals surface area (Å²) in [7, 11) is -1.24. The summed E-state index contributed by atoms with van der Waals surface area (Å²) in [5.74, 6) is -56.8. The second kappa shape index (κ2) is 23.3. The molecule has 0 aliphatic carbocycles. The van der Waals surface area contributed by atoms with E-state index in [-0.39, 0.29) is 25.2 Å². The van der Waals surface area contributed by atoms with Crippen LogP contribution in [0.5, 0.6) is 11.5 Å². The zero-order valence-corrected chi connectivity index (χ0v) is 39.6. The molecule has 2 rings (SSSR count). The summed E-state index contributed by atoms with van der Waals surface area (Å²) in [6, 6.07) is 10.6. The van der Waals surface area contributed by atoms with Gasteiger partial charge in [0.05, 0.1) is 26.4 Å². The lowest BCUT2D eigenvalue weighted by Crippen LogP contribution is -2.74. The van der Waals surface area contributed by atoms with E-state index >= 15 is 8.78 Å². The second-order valence-corrected chi connectivity index (χ2v) is 21.3. The molecule has 0 fully saturated rings. The van der Waals surface area contributed by atoms with Gasteiger partial charge in [-0.25, -0.2) is 9.59 Å². The minimum atomic E-state index is -8.71. The van der Waals surface area contributed by atoms with Crippen LogP contribution in [0.3, 0.4) is 0 Å². The Morgan fingerprint density at radius 1 is 0.671 bits per heavy atom. The number of alkyl halides is 17. The van der Waals surface area contributed by atoms with Crippen LogP contribution in [0, 0.1) is 0 Å². The van der Waals surface area contributed by atoms with Crippen molar-refractivity contribution < 1.29 is 112 Å². The third kappa shape index (κ3) is 12.9. The van der Waals surface area contributed by atoms with Gasteiger partial charge in [0.15, 0.2) is 14.4 Å². The van der Waals surface area contributed by atoms with Crippen molar-refractivity contribution in [2.75, 3.05) is 39.4 Å². The first-order valence-electron chi connectivity index (χ1n) is 21.0. The monoisotopic (exact) mass is 1060 g/mol. The van der Waals surface area contributed by atoms with Crippen molar-refractivity contribution in [1.82, 2.24) is 0 Å². The molecule has 0 saturated carbocycles. The van der Waals surface area contributed by atoms with E-state index in [1.54, 1.807) is 44.2 Å². The zero-order chi connectivity index (χ0) is 54.1. The fraction of sp³-hybridized carbons (Fsp3) is 0.628. The van der Waals surface area contributed by atoms with Gasteiger partial charge in [-0.2, -0.15) is 74.6 Å². The van der Waals surface area contributed by atoms with Gasteiger partial charge in [0, 0.05) is 24.8 Å². The molecule has 2 aromatic carbocycles. The Hall–Kier alpha value is -4.53. The molecule has 0 spiro atoms. The van der Waals surface area contributed by atoms with Gasteiger partial charge in [0.1, 0.15) is 18.1 Å². The van der Waals surface area contributed by atoms with Crippen LogP contribution < -0.4 is 14.8 Å². The number of anilines is 1. The van der Waals surface area contributed by atoms with E-state index in [1.807, 2.05) is 0 Å². The quantitative estimate of drug-likeness (QED) is 0.0310. The molecule has 0 aromatic heterocycles. The highest BCUT2D eigenvalue weighted by Crippen LogP contribution is 2.64. The number of nitrogens with one attached hydrogen (secondary N) is 1. The lowest BCUT2D eigenvalue weighted by molar-refractivity contribution is -0.461. The van der Waals surface area contributed by atoms with Crippen molar-refractivity contribution in [2.24, 2.45) is 0 Å². The topological polar surface area (TPSA) is 102 Å². The highest BCUT2D eigenvalue weighted by Gasteiger charge is 2.95. The van der Waals surface area contributed by atoms with Crippen LogP contribution in [0.15, 0.2) is 60.2 Å². The number of esters is 1. The minimum absolute atomic E-state index is 0.0989. The molecule has 27 heteroatoms. The number of carbonyl (C=O) groups is 2. The van der Waals surface area contributed by atoms with Crippen LogP contribution in [0.25, 0.3) is 0 Å². The maximum Gasteiger partial charge on any atom is 0.460 e. The van der Waals surface area contributed by atoms with Gasteiger partial charge in [0.25, 0.3) is 0 Å². The van der Waals surface area contributed by atoms with E-state index in [9.17, 15) is 75.4 Å². The first kappa shape index (κ1) is 61.6. The van der Waals surface area contributed by atoms with Crippen LogP contribution in [0.2, 0.25) is 17.1 Å². The Bertz CT molecular complexity index is 2030. The molecule has 2 aromatic rings. The van der Waals surface area contributed by atoms with E-state index in [2.05, 4.69) is 5.32 Å². The number of allylic oxidation sites excluding steroid dienone is 1. The Morgan fingerprint density at radius 2 is 1.16 bits per heavy atom.